The van der Waals surface area contributed by atoms with Crippen LogP contribution in [0, 0.1) is 19.3 Å². The van der Waals surface area contributed by atoms with E-state index in [1.165, 1.54) is 6.21 Å². The Labute approximate surface area is 85.4 Å². The second-order valence-corrected chi connectivity index (χ2v) is 3.40. The molecule has 0 bridgehead atoms. The Morgan fingerprint density at radius 1 is 1.29 bits per heavy atom. The highest BCUT2D eigenvalue weighted by Crippen LogP contribution is 2.23. The first-order valence-corrected chi connectivity index (χ1v) is 4.94. The molecule has 76 valence electrons. The van der Waals surface area contributed by atoms with Gasteiger partial charge in [-0.25, -0.2) is 0 Å². The highest BCUT2D eigenvalue weighted by Gasteiger charge is 2.04. The zero-order valence-electron chi connectivity index (χ0n) is 9.05. The monoisotopic (exact) mass is 191 g/mol. The summed E-state index contributed by atoms with van der Waals surface area (Å²) in [5.74, 6) is 0.940. The van der Waals surface area contributed by atoms with E-state index in [9.17, 15) is 0 Å². The molecule has 1 aromatic carbocycles. The molecule has 0 aliphatic rings. The average molecular weight is 191 g/mol. The second kappa shape index (κ2) is 4.80. The molecular formula is C12H17NO. The lowest BCUT2D eigenvalue weighted by Gasteiger charge is -2.11. The van der Waals surface area contributed by atoms with Crippen LogP contribution in [0.5, 0.6) is 5.75 Å². The number of nitrogens with one attached hydrogen (secondary N) is 1. The van der Waals surface area contributed by atoms with Gasteiger partial charge in [-0.2, -0.15) is 0 Å². The van der Waals surface area contributed by atoms with Crippen molar-refractivity contribution in [2.75, 3.05) is 6.61 Å². The smallest absolute Gasteiger partial charge is 0.122 e. The summed E-state index contributed by atoms with van der Waals surface area (Å²) in [7, 11) is 0. The van der Waals surface area contributed by atoms with E-state index in [1.54, 1.807) is 0 Å². The molecule has 0 heterocycles. The maximum Gasteiger partial charge on any atom is 0.122 e. The quantitative estimate of drug-likeness (QED) is 0.729. The van der Waals surface area contributed by atoms with Gasteiger partial charge in [-0.3, -0.25) is 0 Å². The van der Waals surface area contributed by atoms with Crippen LogP contribution in [-0.2, 0) is 0 Å². The summed E-state index contributed by atoms with van der Waals surface area (Å²) < 4.78 is 5.59. The number of rotatable bonds is 4. The molecule has 0 aliphatic heterocycles. The number of hydrogen-bond acceptors (Lipinski definition) is 2. The Bertz CT molecular complexity index is 331. The van der Waals surface area contributed by atoms with E-state index in [2.05, 4.69) is 6.92 Å². The molecule has 2 nitrogen and oxygen atoms in total. The third-order valence-electron chi connectivity index (χ3n) is 2.40. The molecule has 0 amide bonds. The SMILES string of the molecule is CCCOc1ccc(C=N)c(C)c1C. The van der Waals surface area contributed by atoms with Gasteiger partial charge >= 0.3 is 0 Å². The van der Waals surface area contributed by atoms with Gasteiger partial charge in [0.2, 0.25) is 0 Å². The van der Waals surface area contributed by atoms with Gasteiger partial charge in [0.1, 0.15) is 5.75 Å². The van der Waals surface area contributed by atoms with Gasteiger partial charge in [0, 0.05) is 6.21 Å². The molecule has 0 fully saturated rings. The van der Waals surface area contributed by atoms with Crippen molar-refractivity contribution in [3.05, 3.63) is 28.8 Å². The lowest BCUT2D eigenvalue weighted by Crippen LogP contribution is -1.99. The van der Waals surface area contributed by atoms with Crippen molar-refractivity contribution in [1.29, 1.82) is 5.41 Å². The van der Waals surface area contributed by atoms with Gasteiger partial charge in [-0.1, -0.05) is 6.92 Å². The molecule has 0 atom stereocenters. The molecule has 1 N–H and O–H groups in total. The first-order valence-electron chi connectivity index (χ1n) is 4.94. The molecule has 1 rings (SSSR count). The van der Waals surface area contributed by atoms with Gasteiger partial charge in [-0.05, 0) is 49.1 Å². The van der Waals surface area contributed by atoms with Gasteiger partial charge in [0.05, 0.1) is 6.61 Å². The fourth-order valence-corrected chi connectivity index (χ4v) is 1.34. The number of ether oxygens (including phenoxy) is 1. The van der Waals surface area contributed by atoms with Gasteiger partial charge in [-0.15, -0.1) is 0 Å². The summed E-state index contributed by atoms with van der Waals surface area (Å²) in [5, 5.41) is 7.22. The van der Waals surface area contributed by atoms with E-state index >= 15 is 0 Å². The van der Waals surface area contributed by atoms with Crippen molar-refractivity contribution in [1.82, 2.24) is 0 Å². The summed E-state index contributed by atoms with van der Waals surface area (Å²) in [4.78, 5) is 0. The first-order chi connectivity index (χ1) is 6.70. The predicted octanol–water partition coefficient (Wildman–Crippen LogP) is 3.09. The summed E-state index contributed by atoms with van der Waals surface area (Å²) in [6, 6.07) is 3.87. The lowest BCUT2D eigenvalue weighted by molar-refractivity contribution is 0.315. The van der Waals surface area contributed by atoms with E-state index in [-0.39, 0.29) is 0 Å². The summed E-state index contributed by atoms with van der Waals surface area (Å²) in [5.41, 5.74) is 3.24. The fourth-order valence-electron chi connectivity index (χ4n) is 1.34. The average Bonchev–Trinajstić information content (AvgIpc) is 2.20. The minimum atomic E-state index is 0.754. The molecule has 14 heavy (non-hydrogen) atoms. The largest absolute Gasteiger partial charge is 0.493 e. The molecule has 0 spiro atoms. The third kappa shape index (κ3) is 2.13. The van der Waals surface area contributed by atoms with Crippen LogP contribution >= 0.6 is 0 Å². The predicted molar refractivity (Wildman–Crippen MR) is 59.6 cm³/mol. The Balaban J connectivity index is 2.98. The maximum atomic E-state index is 7.22. The minimum absolute atomic E-state index is 0.754. The van der Waals surface area contributed by atoms with Crippen molar-refractivity contribution < 1.29 is 4.74 Å². The summed E-state index contributed by atoms with van der Waals surface area (Å²) >= 11 is 0. The lowest BCUT2D eigenvalue weighted by atomic mass is 10.0. The van der Waals surface area contributed by atoms with E-state index in [1.807, 2.05) is 26.0 Å². The van der Waals surface area contributed by atoms with E-state index < -0.39 is 0 Å². The van der Waals surface area contributed by atoms with Gasteiger partial charge in [0.15, 0.2) is 0 Å². The Morgan fingerprint density at radius 2 is 2.00 bits per heavy atom. The number of hydrogen-bond donors (Lipinski definition) is 1. The Kier molecular flexibility index (Phi) is 3.69. The van der Waals surface area contributed by atoms with Gasteiger partial charge < -0.3 is 10.1 Å². The maximum absolute atomic E-state index is 7.22. The van der Waals surface area contributed by atoms with E-state index in [0.717, 1.165) is 35.5 Å². The van der Waals surface area contributed by atoms with E-state index in [0.29, 0.717) is 0 Å². The summed E-state index contributed by atoms with van der Waals surface area (Å²) in [6.07, 6.45) is 2.40. The standard InChI is InChI=1S/C12H17NO/c1-4-7-14-12-6-5-11(8-13)9(2)10(12)3/h5-6,8,13H,4,7H2,1-3H3. The first kappa shape index (κ1) is 10.8. The molecular weight excluding hydrogens is 174 g/mol. The Morgan fingerprint density at radius 3 is 2.57 bits per heavy atom. The van der Waals surface area contributed by atoms with Crippen LogP contribution in [0.4, 0.5) is 0 Å². The highest BCUT2D eigenvalue weighted by atomic mass is 16.5. The van der Waals surface area contributed by atoms with Crippen molar-refractivity contribution in [3.8, 4) is 5.75 Å². The minimum Gasteiger partial charge on any atom is -0.493 e. The van der Waals surface area contributed by atoms with Crippen LogP contribution in [0.25, 0.3) is 0 Å². The molecule has 0 saturated heterocycles. The van der Waals surface area contributed by atoms with Crippen molar-refractivity contribution in [2.24, 2.45) is 0 Å². The van der Waals surface area contributed by atoms with Crippen molar-refractivity contribution in [2.45, 2.75) is 27.2 Å². The topological polar surface area (TPSA) is 33.1 Å². The molecule has 0 saturated carbocycles. The Hall–Kier alpha value is -1.31. The molecule has 0 unspecified atom stereocenters. The van der Waals surface area contributed by atoms with Crippen molar-refractivity contribution in [3.63, 3.8) is 0 Å². The molecule has 0 aliphatic carbocycles. The van der Waals surface area contributed by atoms with Crippen LogP contribution in [-0.4, -0.2) is 12.8 Å². The van der Waals surface area contributed by atoms with Crippen LogP contribution in [0.1, 0.15) is 30.0 Å². The third-order valence-corrected chi connectivity index (χ3v) is 2.40. The van der Waals surface area contributed by atoms with Crippen LogP contribution in [0.3, 0.4) is 0 Å². The zero-order chi connectivity index (χ0) is 10.6. The van der Waals surface area contributed by atoms with Crippen LogP contribution < -0.4 is 4.74 Å². The highest BCUT2D eigenvalue weighted by molar-refractivity contribution is 5.80. The van der Waals surface area contributed by atoms with E-state index in [4.69, 9.17) is 10.1 Å². The zero-order valence-corrected chi connectivity index (χ0v) is 9.05. The fraction of sp³-hybridized carbons (Fsp3) is 0.417. The number of benzene rings is 1. The van der Waals surface area contributed by atoms with Crippen LogP contribution in [0.15, 0.2) is 12.1 Å². The molecule has 2 heteroatoms. The molecule has 0 radical (unpaired) electrons. The normalized spacial score (nSPS) is 9.93. The molecule has 0 aromatic heterocycles. The molecule has 1 aromatic rings. The van der Waals surface area contributed by atoms with Gasteiger partial charge in [0.25, 0.3) is 0 Å². The van der Waals surface area contributed by atoms with Crippen LogP contribution in [0.2, 0.25) is 0 Å². The summed E-state index contributed by atoms with van der Waals surface area (Å²) in [6.45, 7) is 6.90. The second-order valence-electron chi connectivity index (χ2n) is 3.40. The van der Waals surface area contributed by atoms with Crippen molar-refractivity contribution >= 4 is 6.21 Å².